The number of benzene rings is 1. The highest BCUT2D eigenvalue weighted by atomic mass is 16.6. The summed E-state index contributed by atoms with van der Waals surface area (Å²) in [4.78, 5) is 26.4. The third-order valence-corrected chi connectivity index (χ3v) is 4.27. The molecule has 1 aromatic carbocycles. The molecule has 1 aromatic rings. The molecule has 1 atom stereocenters. The number of esters is 1. The Labute approximate surface area is 166 Å². The van der Waals surface area contributed by atoms with E-state index >= 15 is 0 Å². The number of methoxy groups -OCH3 is 1. The van der Waals surface area contributed by atoms with Crippen molar-refractivity contribution in [3.8, 4) is 17.2 Å². The van der Waals surface area contributed by atoms with Crippen molar-refractivity contribution in [2.75, 3.05) is 20.3 Å². The normalized spacial score (nSPS) is 14.3. The number of rotatable bonds is 7. The van der Waals surface area contributed by atoms with E-state index in [0.717, 1.165) is 0 Å². The Morgan fingerprint density at radius 1 is 1.07 bits per heavy atom. The Bertz CT molecular complexity index is 715. The summed E-state index contributed by atoms with van der Waals surface area (Å²) in [5, 5.41) is 0. The van der Waals surface area contributed by atoms with Gasteiger partial charge in [-0.2, -0.15) is 0 Å². The summed E-state index contributed by atoms with van der Waals surface area (Å²) in [5.41, 5.74) is 0.697. The third-order valence-electron chi connectivity index (χ3n) is 4.27. The molecule has 0 spiro atoms. The molecule has 0 bridgehead atoms. The van der Waals surface area contributed by atoms with Crippen molar-refractivity contribution < 1.29 is 28.5 Å². The van der Waals surface area contributed by atoms with Gasteiger partial charge in [0.1, 0.15) is 13.2 Å². The third kappa shape index (κ3) is 5.18. The Hall–Kier alpha value is -2.70. The number of fused-ring (bicyclic) bond motifs is 1. The molecular weight excluding hydrogens is 362 g/mol. The average Bonchev–Trinajstić information content (AvgIpc) is 2.64. The number of carbonyl (C=O) groups is 2. The molecule has 0 saturated carbocycles. The maximum atomic E-state index is 12.6. The molecule has 1 amide bonds. The highest BCUT2D eigenvalue weighted by molar-refractivity contribution is 5.90. The summed E-state index contributed by atoms with van der Waals surface area (Å²) >= 11 is 0. The van der Waals surface area contributed by atoms with Gasteiger partial charge in [-0.1, -0.05) is 0 Å². The van der Waals surface area contributed by atoms with E-state index in [1.807, 2.05) is 27.7 Å². The average molecular weight is 391 g/mol. The topological polar surface area (TPSA) is 74.3 Å². The van der Waals surface area contributed by atoms with E-state index in [1.165, 1.54) is 13.2 Å². The molecule has 7 nitrogen and oxygen atoms in total. The lowest BCUT2D eigenvalue weighted by Gasteiger charge is -2.32. The quantitative estimate of drug-likeness (QED) is 0.525. The molecule has 0 saturated heterocycles. The van der Waals surface area contributed by atoms with Gasteiger partial charge in [-0.05, 0) is 58.4 Å². The molecule has 0 radical (unpaired) electrons. The molecule has 1 aliphatic heterocycles. The largest absolute Gasteiger partial charge is 0.493 e. The number of ether oxygens (including phenoxy) is 4. The predicted molar refractivity (Wildman–Crippen MR) is 106 cm³/mol. The fourth-order valence-electron chi connectivity index (χ4n) is 3.13. The van der Waals surface area contributed by atoms with Crippen LogP contribution in [-0.2, 0) is 14.3 Å². The lowest BCUT2D eigenvalue weighted by Crippen LogP contribution is -2.47. The van der Waals surface area contributed by atoms with Crippen molar-refractivity contribution in [3.05, 3.63) is 23.8 Å². The molecule has 0 aromatic heterocycles. The first-order chi connectivity index (χ1) is 13.2. The van der Waals surface area contributed by atoms with E-state index in [9.17, 15) is 9.59 Å². The van der Waals surface area contributed by atoms with Gasteiger partial charge < -0.3 is 23.8 Å². The maximum Gasteiger partial charge on any atom is 0.331 e. The summed E-state index contributed by atoms with van der Waals surface area (Å²) in [6.45, 7) is 10.2. The molecular formula is C21H29NO6. The highest BCUT2D eigenvalue weighted by Crippen LogP contribution is 2.40. The van der Waals surface area contributed by atoms with Crippen molar-refractivity contribution in [2.45, 2.75) is 52.8 Å². The van der Waals surface area contributed by atoms with Crippen LogP contribution in [0.25, 0.3) is 6.08 Å². The fourth-order valence-corrected chi connectivity index (χ4v) is 3.13. The zero-order valence-corrected chi connectivity index (χ0v) is 17.4. The number of hydrogen-bond acceptors (Lipinski definition) is 6. The van der Waals surface area contributed by atoms with Gasteiger partial charge in [-0.25, -0.2) is 4.79 Å². The van der Waals surface area contributed by atoms with Crippen molar-refractivity contribution in [1.82, 2.24) is 4.90 Å². The van der Waals surface area contributed by atoms with Crippen LogP contribution in [-0.4, -0.2) is 55.3 Å². The van der Waals surface area contributed by atoms with Crippen LogP contribution in [0.2, 0.25) is 0 Å². The van der Waals surface area contributed by atoms with E-state index in [-0.39, 0.29) is 18.0 Å². The summed E-state index contributed by atoms with van der Waals surface area (Å²) in [5.74, 6) is 0.829. The Balaban J connectivity index is 2.06. The minimum Gasteiger partial charge on any atom is -0.493 e. The molecule has 154 valence electrons. The molecule has 2 rings (SSSR count). The number of carbonyl (C=O) groups excluding carboxylic acids is 2. The van der Waals surface area contributed by atoms with Crippen LogP contribution < -0.4 is 14.2 Å². The summed E-state index contributed by atoms with van der Waals surface area (Å²) in [6, 6.07) is 3.54. The van der Waals surface area contributed by atoms with Crippen LogP contribution in [0.3, 0.4) is 0 Å². The Morgan fingerprint density at radius 2 is 1.71 bits per heavy atom. The standard InChI is InChI=1S/C21H29NO6/c1-13(2)22(14(3)4)21(24)15(5)28-19(23)8-7-16-11-17(25-6)20-18(12-16)26-9-10-27-20/h7-8,11-15H,9-10H2,1-6H3/b8-7+/t15-/m1/s1. The lowest BCUT2D eigenvalue weighted by atomic mass is 10.1. The van der Waals surface area contributed by atoms with E-state index in [1.54, 1.807) is 30.0 Å². The fraction of sp³-hybridized carbons (Fsp3) is 0.524. The molecule has 7 heteroatoms. The van der Waals surface area contributed by atoms with Crippen LogP contribution in [0.5, 0.6) is 17.2 Å². The Morgan fingerprint density at radius 3 is 2.32 bits per heavy atom. The number of hydrogen-bond donors (Lipinski definition) is 0. The minimum atomic E-state index is -0.864. The van der Waals surface area contributed by atoms with Gasteiger partial charge in [0.2, 0.25) is 5.75 Å². The SMILES string of the molecule is COc1cc(/C=C/C(=O)O[C@H](C)C(=O)N(C(C)C)C(C)C)cc2c1OCCO2. The van der Waals surface area contributed by atoms with Gasteiger partial charge in [0.15, 0.2) is 17.6 Å². The molecule has 1 heterocycles. The second-order valence-corrected chi connectivity index (χ2v) is 7.09. The Kier molecular flexibility index (Phi) is 7.31. The van der Waals surface area contributed by atoms with Gasteiger partial charge in [0.25, 0.3) is 5.91 Å². The van der Waals surface area contributed by atoms with Gasteiger partial charge in [-0.3, -0.25) is 4.79 Å². The number of amides is 1. The predicted octanol–water partition coefficient (Wildman–Crippen LogP) is 3.06. The van der Waals surface area contributed by atoms with Crippen molar-refractivity contribution in [1.29, 1.82) is 0 Å². The van der Waals surface area contributed by atoms with Crippen LogP contribution in [0, 0.1) is 0 Å². The molecule has 28 heavy (non-hydrogen) atoms. The monoisotopic (exact) mass is 391 g/mol. The maximum absolute atomic E-state index is 12.6. The van der Waals surface area contributed by atoms with Gasteiger partial charge in [0.05, 0.1) is 7.11 Å². The molecule has 0 fully saturated rings. The van der Waals surface area contributed by atoms with E-state index in [2.05, 4.69) is 0 Å². The number of nitrogens with zero attached hydrogens (tertiary/aromatic N) is 1. The molecule has 1 aliphatic rings. The van der Waals surface area contributed by atoms with E-state index < -0.39 is 12.1 Å². The lowest BCUT2D eigenvalue weighted by molar-refractivity contribution is -0.157. The second kappa shape index (κ2) is 9.48. The van der Waals surface area contributed by atoms with Gasteiger partial charge in [0, 0.05) is 18.2 Å². The minimum absolute atomic E-state index is 0.0226. The van der Waals surface area contributed by atoms with Crippen LogP contribution in [0.15, 0.2) is 18.2 Å². The van der Waals surface area contributed by atoms with Gasteiger partial charge in [-0.15, -0.1) is 0 Å². The molecule has 0 N–H and O–H groups in total. The smallest absolute Gasteiger partial charge is 0.331 e. The van der Waals surface area contributed by atoms with E-state index in [4.69, 9.17) is 18.9 Å². The second-order valence-electron chi connectivity index (χ2n) is 7.09. The van der Waals surface area contributed by atoms with Crippen molar-refractivity contribution in [2.24, 2.45) is 0 Å². The first kappa shape index (κ1) is 21.6. The van der Waals surface area contributed by atoms with E-state index in [0.29, 0.717) is 36.0 Å². The molecule has 0 unspecified atom stereocenters. The highest BCUT2D eigenvalue weighted by Gasteiger charge is 2.27. The van der Waals surface area contributed by atoms with Crippen LogP contribution in [0.4, 0.5) is 0 Å². The van der Waals surface area contributed by atoms with Crippen molar-refractivity contribution >= 4 is 18.0 Å². The summed E-state index contributed by atoms with van der Waals surface area (Å²) < 4.78 is 21.7. The zero-order chi connectivity index (χ0) is 20.8. The van der Waals surface area contributed by atoms with Gasteiger partial charge >= 0.3 is 5.97 Å². The van der Waals surface area contributed by atoms with Crippen LogP contribution >= 0.6 is 0 Å². The van der Waals surface area contributed by atoms with Crippen LogP contribution in [0.1, 0.15) is 40.2 Å². The summed E-state index contributed by atoms with van der Waals surface area (Å²) in [6.07, 6.45) is 2.00. The first-order valence-electron chi connectivity index (χ1n) is 9.43. The molecule has 0 aliphatic carbocycles. The first-order valence-corrected chi connectivity index (χ1v) is 9.43. The summed E-state index contributed by atoms with van der Waals surface area (Å²) in [7, 11) is 1.54. The van der Waals surface area contributed by atoms with Crippen molar-refractivity contribution in [3.63, 3.8) is 0 Å². The zero-order valence-electron chi connectivity index (χ0n) is 17.4.